The van der Waals surface area contributed by atoms with E-state index in [1.54, 1.807) is 0 Å². The first-order valence-electron chi connectivity index (χ1n) is 7.48. The lowest BCUT2D eigenvalue weighted by Crippen LogP contribution is -2.36. The normalized spacial score (nSPS) is 13.0. The smallest absolute Gasteiger partial charge is 0.324 e. The zero-order chi connectivity index (χ0) is 17.5. The molecule has 0 aromatic heterocycles. The maximum Gasteiger partial charge on any atom is 0.325 e. The summed E-state index contributed by atoms with van der Waals surface area (Å²) in [5.41, 5.74) is 1.05. The van der Waals surface area contributed by atoms with E-state index in [9.17, 15) is 9.13 Å². The van der Waals surface area contributed by atoms with Crippen molar-refractivity contribution in [3.05, 3.63) is 35.9 Å². The van der Waals surface area contributed by atoms with Gasteiger partial charge in [-0.2, -0.15) is 0 Å². The molecule has 4 N–H and O–H groups in total. The van der Waals surface area contributed by atoms with Gasteiger partial charge in [0.2, 0.25) is 0 Å². The zero-order valence-corrected chi connectivity index (χ0v) is 14.9. The van der Waals surface area contributed by atoms with Crippen LogP contribution in [0.25, 0.3) is 0 Å². The average Bonchev–Trinajstić information content (AvgIpc) is 2.44. The Morgan fingerprint density at radius 1 is 0.957 bits per heavy atom. The Kier molecular flexibility index (Phi) is 8.11. The highest BCUT2D eigenvalue weighted by atomic mass is 31.2. The highest BCUT2D eigenvalue weighted by Gasteiger charge is 2.25. The van der Waals surface area contributed by atoms with Gasteiger partial charge in [0.15, 0.2) is 0 Å². The van der Waals surface area contributed by atoms with Crippen molar-refractivity contribution in [1.29, 1.82) is 0 Å². The molecule has 1 rings (SSSR count). The van der Waals surface area contributed by atoms with Crippen molar-refractivity contribution in [1.82, 2.24) is 4.90 Å². The summed E-state index contributed by atoms with van der Waals surface area (Å²) < 4.78 is 22.3. The minimum atomic E-state index is -4.14. The van der Waals surface area contributed by atoms with E-state index >= 15 is 0 Å². The van der Waals surface area contributed by atoms with Crippen LogP contribution < -0.4 is 0 Å². The molecule has 9 heteroatoms. The number of rotatable bonds is 10. The molecule has 0 bridgehead atoms. The van der Waals surface area contributed by atoms with Crippen LogP contribution in [0.4, 0.5) is 0 Å². The predicted molar refractivity (Wildman–Crippen MR) is 89.4 cm³/mol. The molecule has 0 spiro atoms. The van der Waals surface area contributed by atoms with Crippen molar-refractivity contribution in [2.24, 2.45) is 0 Å². The van der Waals surface area contributed by atoms with Crippen LogP contribution in [0.3, 0.4) is 0 Å². The molecule has 0 aliphatic carbocycles. The summed E-state index contributed by atoms with van der Waals surface area (Å²) in [5.74, 6) is 0. The molecule has 0 saturated carbocycles. The molecule has 0 aliphatic heterocycles. The second-order valence-corrected chi connectivity index (χ2v) is 9.11. The number of nitrogens with zero attached hydrogens (tertiary/aromatic N) is 1. The lowest BCUT2D eigenvalue weighted by Gasteiger charge is -2.31. The summed E-state index contributed by atoms with van der Waals surface area (Å²) >= 11 is 0. The van der Waals surface area contributed by atoms with Crippen molar-refractivity contribution in [3.8, 4) is 0 Å². The average molecular weight is 365 g/mol. The van der Waals surface area contributed by atoms with Gasteiger partial charge in [-0.1, -0.05) is 37.3 Å². The van der Waals surface area contributed by atoms with Crippen LogP contribution in [0.1, 0.15) is 25.3 Å². The molecule has 0 aliphatic rings. The van der Waals surface area contributed by atoms with E-state index in [-0.39, 0.29) is 31.2 Å². The summed E-state index contributed by atoms with van der Waals surface area (Å²) in [7, 11) is -8.27. The standard InChI is InChI=1S/C14H25NO6P2/c1-2-15(12-13-6-4-3-5-7-13)14(8-10-22(16,17)18)9-11-23(19,20)21/h3-7,14H,2,8-12H2,1H3,(H2,16,17,18)(H2,19,20,21). The molecule has 0 saturated heterocycles. The van der Waals surface area contributed by atoms with Crippen LogP contribution in [0.2, 0.25) is 0 Å². The first-order valence-corrected chi connectivity index (χ1v) is 11.1. The van der Waals surface area contributed by atoms with Crippen molar-refractivity contribution in [3.63, 3.8) is 0 Å². The van der Waals surface area contributed by atoms with Crippen molar-refractivity contribution in [2.45, 2.75) is 32.4 Å². The molecule has 132 valence electrons. The number of hydrogen-bond acceptors (Lipinski definition) is 3. The topological polar surface area (TPSA) is 118 Å². The van der Waals surface area contributed by atoms with Crippen LogP contribution in [0.15, 0.2) is 30.3 Å². The second kappa shape index (κ2) is 9.09. The molecule has 7 nitrogen and oxygen atoms in total. The van der Waals surface area contributed by atoms with E-state index in [1.165, 1.54) is 0 Å². The third-order valence-corrected chi connectivity index (χ3v) is 5.34. The third-order valence-electron chi connectivity index (χ3n) is 3.66. The lowest BCUT2D eigenvalue weighted by molar-refractivity contribution is 0.184. The lowest BCUT2D eigenvalue weighted by atomic mass is 10.1. The minimum absolute atomic E-state index is 0.199. The van der Waals surface area contributed by atoms with Gasteiger partial charge in [-0.05, 0) is 24.9 Å². The van der Waals surface area contributed by atoms with Gasteiger partial charge in [0, 0.05) is 12.6 Å². The molecule has 23 heavy (non-hydrogen) atoms. The Bertz CT molecular complexity index is 530. The maximum atomic E-state index is 11.1. The van der Waals surface area contributed by atoms with Gasteiger partial charge in [-0.3, -0.25) is 14.0 Å². The monoisotopic (exact) mass is 365 g/mol. The number of benzene rings is 1. The summed E-state index contributed by atoms with van der Waals surface area (Å²) in [6.45, 7) is 3.12. The van der Waals surface area contributed by atoms with E-state index in [4.69, 9.17) is 19.6 Å². The third kappa shape index (κ3) is 9.38. The summed E-state index contributed by atoms with van der Waals surface area (Å²) in [4.78, 5) is 38.3. The molecular formula is C14H25NO6P2. The van der Waals surface area contributed by atoms with Gasteiger partial charge in [-0.15, -0.1) is 0 Å². The van der Waals surface area contributed by atoms with Crippen LogP contribution in [0.5, 0.6) is 0 Å². The van der Waals surface area contributed by atoms with Crippen LogP contribution in [-0.2, 0) is 15.7 Å². The van der Waals surface area contributed by atoms with Gasteiger partial charge >= 0.3 is 15.2 Å². The van der Waals surface area contributed by atoms with Crippen molar-refractivity contribution in [2.75, 3.05) is 18.9 Å². The fraction of sp³-hybridized carbons (Fsp3) is 0.571. The molecule has 0 radical (unpaired) electrons. The quantitative estimate of drug-likeness (QED) is 0.468. The molecule has 1 aromatic rings. The molecule has 0 heterocycles. The second-order valence-electron chi connectivity index (χ2n) is 5.56. The molecule has 0 unspecified atom stereocenters. The van der Waals surface area contributed by atoms with Gasteiger partial charge in [-0.25, -0.2) is 0 Å². The van der Waals surface area contributed by atoms with Gasteiger partial charge in [0.1, 0.15) is 0 Å². The molecule has 0 amide bonds. The Hall–Kier alpha value is -0.520. The molecular weight excluding hydrogens is 340 g/mol. The summed E-state index contributed by atoms with van der Waals surface area (Å²) in [6, 6.07) is 9.32. The highest BCUT2D eigenvalue weighted by molar-refractivity contribution is 7.52. The highest BCUT2D eigenvalue weighted by Crippen LogP contribution is 2.39. The molecule has 0 atom stereocenters. The molecule has 0 fully saturated rings. The fourth-order valence-corrected chi connectivity index (χ4v) is 3.73. The zero-order valence-electron chi connectivity index (χ0n) is 13.2. The van der Waals surface area contributed by atoms with Crippen LogP contribution >= 0.6 is 15.2 Å². The van der Waals surface area contributed by atoms with Crippen LogP contribution in [0, 0.1) is 0 Å². The van der Waals surface area contributed by atoms with Crippen LogP contribution in [-0.4, -0.2) is 49.4 Å². The van der Waals surface area contributed by atoms with E-state index in [1.807, 2.05) is 42.2 Å². The van der Waals surface area contributed by atoms with Gasteiger partial charge < -0.3 is 19.6 Å². The van der Waals surface area contributed by atoms with Crippen molar-refractivity contribution < 1.29 is 28.7 Å². The van der Waals surface area contributed by atoms with Crippen molar-refractivity contribution >= 4 is 15.2 Å². The predicted octanol–water partition coefficient (Wildman–Crippen LogP) is 2.01. The number of hydrogen-bond donors (Lipinski definition) is 4. The fourth-order valence-electron chi connectivity index (χ4n) is 2.46. The van der Waals surface area contributed by atoms with E-state index in [2.05, 4.69) is 0 Å². The summed E-state index contributed by atoms with van der Waals surface area (Å²) in [6.07, 6.45) is -0.176. The Balaban J connectivity index is 2.80. The largest absolute Gasteiger partial charge is 0.325 e. The van der Waals surface area contributed by atoms with E-state index in [0.29, 0.717) is 13.1 Å². The Labute approximate surface area is 136 Å². The van der Waals surface area contributed by atoms with Gasteiger partial charge in [0.05, 0.1) is 12.3 Å². The van der Waals surface area contributed by atoms with E-state index in [0.717, 1.165) is 5.56 Å². The first-order chi connectivity index (χ1) is 10.6. The minimum Gasteiger partial charge on any atom is -0.324 e. The Morgan fingerprint density at radius 3 is 1.83 bits per heavy atom. The maximum absolute atomic E-state index is 11.1. The molecule has 1 aromatic carbocycles. The SMILES string of the molecule is CCN(Cc1ccccc1)C(CCP(=O)(O)O)CCP(=O)(O)O. The first kappa shape index (κ1) is 20.5. The van der Waals surface area contributed by atoms with Gasteiger partial charge in [0.25, 0.3) is 0 Å². The van der Waals surface area contributed by atoms with E-state index < -0.39 is 15.2 Å². The summed E-state index contributed by atoms with van der Waals surface area (Å²) in [5, 5.41) is 0. The Morgan fingerprint density at radius 2 is 1.43 bits per heavy atom.